The van der Waals surface area contributed by atoms with Crippen molar-refractivity contribution < 1.29 is 19.4 Å². The molecule has 1 N–H and O–H groups in total. The van der Waals surface area contributed by atoms with Crippen LogP contribution in [0, 0.1) is 0 Å². The number of carboxylic acids is 1. The second-order valence-electron chi connectivity index (χ2n) is 5.56. The molecular weight excluding hydrogens is 330 g/mol. The second-order valence-corrected chi connectivity index (χ2v) is 5.96. The highest BCUT2D eigenvalue weighted by atomic mass is 35.5. The van der Waals surface area contributed by atoms with Crippen molar-refractivity contribution in [3.63, 3.8) is 0 Å². The van der Waals surface area contributed by atoms with Crippen molar-refractivity contribution in [2.45, 2.75) is 0 Å². The third-order valence-corrected chi connectivity index (χ3v) is 4.03. The number of ketones is 1. The van der Waals surface area contributed by atoms with Crippen LogP contribution in [0.25, 0.3) is 6.08 Å². The van der Waals surface area contributed by atoms with E-state index in [0.717, 1.165) is 5.69 Å². The molecule has 0 radical (unpaired) electrons. The zero-order chi connectivity index (χ0) is 17.4. The molecule has 0 saturated heterocycles. The number of aromatic carboxylic acids is 1. The minimum Gasteiger partial charge on any atom is -0.478 e. The Bertz CT molecular complexity index is 887. The van der Waals surface area contributed by atoms with Gasteiger partial charge in [0.25, 0.3) is 0 Å². The summed E-state index contributed by atoms with van der Waals surface area (Å²) in [4.78, 5) is 25.4. The molecule has 2 aromatic rings. The topological polar surface area (TPSA) is 66.8 Å². The summed E-state index contributed by atoms with van der Waals surface area (Å²) in [6.07, 6.45) is 1.56. The standard InChI is InChI=1S/C18H14ClNO4/c1-20(2)12-5-3-10(14(19)9-12)8-16-17(21)13-7-11(18(22)23)4-6-15(13)24-16/h3-9H,1-2H3,(H,22,23)/b16-8-. The van der Waals surface area contributed by atoms with Crippen molar-refractivity contribution in [1.82, 2.24) is 0 Å². The Morgan fingerprint density at radius 3 is 2.58 bits per heavy atom. The van der Waals surface area contributed by atoms with Crippen LogP contribution in [0.15, 0.2) is 42.2 Å². The van der Waals surface area contributed by atoms with Crippen LogP contribution in [-0.2, 0) is 0 Å². The summed E-state index contributed by atoms with van der Waals surface area (Å²) in [5.74, 6) is -0.990. The lowest BCUT2D eigenvalue weighted by Crippen LogP contribution is -2.08. The SMILES string of the molecule is CN(C)c1ccc(/C=C2\Oc3ccc(C(=O)O)cc3C2=O)c(Cl)c1. The van der Waals surface area contributed by atoms with Gasteiger partial charge in [-0.25, -0.2) is 4.79 Å². The number of carbonyl (C=O) groups is 2. The molecule has 0 atom stereocenters. The minimum absolute atomic E-state index is 0.0420. The molecule has 0 fully saturated rings. The third kappa shape index (κ3) is 2.86. The highest BCUT2D eigenvalue weighted by Gasteiger charge is 2.28. The number of hydrogen-bond donors (Lipinski definition) is 1. The number of allylic oxidation sites excluding steroid dienone is 1. The van der Waals surface area contributed by atoms with Gasteiger partial charge in [0.05, 0.1) is 11.1 Å². The van der Waals surface area contributed by atoms with Gasteiger partial charge in [-0.3, -0.25) is 4.79 Å². The molecule has 2 aromatic carbocycles. The Kier molecular flexibility index (Phi) is 4.03. The van der Waals surface area contributed by atoms with E-state index in [1.165, 1.54) is 18.2 Å². The van der Waals surface area contributed by atoms with Crippen LogP contribution in [0.5, 0.6) is 5.75 Å². The van der Waals surface area contributed by atoms with Gasteiger partial charge in [0, 0.05) is 24.8 Å². The summed E-state index contributed by atoms with van der Waals surface area (Å²) in [5.41, 5.74) is 1.87. The summed E-state index contributed by atoms with van der Waals surface area (Å²) in [5, 5.41) is 9.52. The van der Waals surface area contributed by atoms with Crippen LogP contribution >= 0.6 is 11.6 Å². The molecule has 1 heterocycles. The number of carbonyl (C=O) groups excluding carboxylic acids is 1. The molecule has 0 aromatic heterocycles. The van der Waals surface area contributed by atoms with Crippen LogP contribution in [-0.4, -0.2) is 31.0 Å². The molecular formula is C18H14ClNO4. The van der Waals surface area contributed by atoms with Crippen molar-refractivity contribution in [3.8, 4) is 5.75 Å². The molecule has 0 amide bonds. The van der Waals surface area contributed by atoms with Gasteiger partial charge in [-0.2, -0.15) is 0 Å². The fourth-order valence-corrected chi connectivity index (χ4v) is 2.60. The summed E-state index contributed by atoms with van der Waals surface area (Å²) < 4.78 is 5.54. The van der Waals surface area contributed by atoms with Crippen molar-refractivity contribution >= 4 is 35.1 Å². The van der Waals surface area contributed by atoms with Gasteiger partial charge in [0.15, 0.2) is 5.76 Å². The first-order chi connectivity index (χ1) is 11.4. The molecule has 3 rings (SSSR count). The number of Topliss-reactive ketones (excluding diaryl/α,β-unsaturated/α-hetero) is 1. The fourth-order valence-electron chi connectivity index (χ4n) is 2.37. The summed E-state index contributed by atoms with van der Waals surface area (Å²) in [7, 11) is 3.81. The maximum atomic E-state index is 12.4. The predicted molar refractivity (Wildman–Crippen MR) is 92.1 cm³/mol. The van der Waals surface area contributed by atoms with Crippen molar-refractivity contribution in [2.24, 2.45) is 0 Å². The smallest absolute Gasteiger partial charge is 0.335 e. The summed E-state index contributed by atoms with van der Waals surface area (Å²) in [6.45, 7) is 0. The highest BCUT2D eigenvalue weighted by molar-refractivity contribution is 6.32. The average Bonchev–Trinajstić information content (AvgIpc) is 2.85. The van der Waals surface area contributed by atoms with Crippen molar-refractivity contribution in [1.29, 1.82) is 0 Å². The lowest BCUT2D eigenvalue weighted by molar-refractivity contribution is 0.0697. The Balaban J connectivity index is 1.96. The van der Waals surface area contributed by atoms with E-state index in [9.17, 15) is 9.59 Å². The van der Waals surface area contributed by atoms with E-state index in [1.54, 1.807) is 18.2 Å². The first kappa shape index (κ1) is 16.1. The quantitative estimate of drug-likeness (QED) is 0.860. The zero-order valence-corrected chi connectivity index (χ0v) is 13.8. The number of hydrogen-bond acceptors (Lipinski definition) is 4. The van der Waals surface area contributed by atoms with Gasteiger partial charge in [-0.05, 0) is 42.0 Å². The molecule has 0 unspecified atom stereocenters. The summed E-state index contributed by atoms with van der Waals surface area (Å²) >= 11 is 6.26. The number of ether oxygens (including phenoxy) is 1. The van der Waals surface area contributed by atoms with Gasteiger partial charge in [-0.15, -0.1) is 0 Å². The largest absolute Gasteiger partial charge is 0.478 e. The Morgan fingerprint density at radius 1 is 1.21 bits per heavy atom. The number of benzene rings is 2. The Morgan fingerprint density at radius 2 is 1.96 bits per heavy atom. The summed E-state index contributed by atoms with van der Waals surface area (Å²) in [6, 6.07) is 9.67. The molecule has 1 aliphatic rings. The van der Waals surface area contributed by atoms with Crippen LogP contribution in [0.3, 0.4) is 0 Å². The van der Waals surface area contributed by atoms with Crippen LogP contribution < -0.4 is 9.64 Å². The normalized spacial score (nSPS) is 14.5. The Hall–Kier alpha value is -2.79. The molecule has 0 bridgehead atoms. The van der Waals surface area contributed by atoms with E-state index in [4.69, 9.17) is 21.4 Å². The van der Waals surface area contributed by atoms with E-state index in [1.807, 2.05) is 25.1 Å². The first-order valence-electron chi connectivity index (χ1n) is 7.15. The number of anilines is 1. The van der Waals surface area contributed by atoms with Gasteiger partial charge in [-0.1, -0.05) is 17.7 Å². The first-order valence-corrected chi connectivity index (χ1v) is 7.53. The van der Waals surface area contributed by atoms with E-state index in [0.29, 0.717) is 16.3 Å². The maximum Gasteiger partial charge on any atom is 0.335 e. The Labute approximate surface area is 143 Å². The van der Waals surface area contributed by atoms with E-state index in [-0.39, 0.29) is 22.7 Å². The molecule has 0 aliphatic carbocycles. The second kappa shape index (κ2) is 6.02. The fraction of sp³-hybridized carbons (Fsp3) is 0.111. The molecule has 0 saturated carbocycles. The lowest BCUT2D eigenvalue weighted by atomic mass is 10.1. The molecule has 0 spiro atoms. The van der Waals surface area contributed by atoms with Gasteiger partial charge in [0.1, 0.15) is 5.75 Å². The molecule has 5 nitrogen and oxygen atoms in total. The molecule has 6 heteroatoms. The van der Waals surface area contributed by atoms with Crippen molar-refractivity contribution in [3.05, 3.63) is 63.9 Å². The van der Waals surface area contributed by atoms with Gasteiger partial charge < -0.3 is 14.7 Å². The monoisotopic (exact) mass is 343 g/mol. The van der Waals surface area contributed by atoms with Crippen LogP contribution in [0.2, 0.25) is 5.02 Å². The average molecular weight is 344 g/mol. The van der Waals surface area contributed by atoms with Crippen molar-refractivity contribution in [2.75, 3.05) is 19.0 Å². The predicted octanol–water partition coefficient (Wildman–Crippen LogP) is 3.72. The molecule has 122 valence electrons. The lowest BCUT2D eigenvalue weighted by Gasteiger charge is -2.13. The van der Waals surface area contributed by atoms with Crippen LogP contribution in [0.4, 0.5) is 5.69 Å². The minimum atomic E-state index is -1.09. The number of nitrogens with zero attached hydrogens (tertiary/aromatic N) is 1. The van der Waals surface area contributed by atoms with Crippen LogP contribution in [0.1, 0.15) is 26.3 Å². The number of rotatable bonds is 3. The number of fused-ring (bicyclic) bond motifs is 1. The van der Waals surface area contributed by atoms with E-state index >= 15 is 0 Å². The highest BCUT2D eigenvalue weighted by Crippen LogP contribution is 2.34. The van der Waals surface area contributed by atoms with E-state index < -0.39 is 5.97 Å². The maximum absolute atomic E-state index is 12.4. The van der Waals surface area contributed by atoms with Gasteiger partial charge >= 0.3 is 5.97 Å². The number of halogens is 1. The third-order valence-electron chi connectivity index (χ3n) is 3.70. The zero-order valence-electron chi connectivity index (χ0n) is 13.0. The van der Waals surface area contributed by atoms with E-state index in [2.05, 4.69) is 0 Å². The molecule has 24 heavy (non-hydrogen) atoms. The molecule has 1 aliphatic heterocycles. The number of carboxylic acid groups (broad SMARTS) is 1. The van der Waals surface area contributed by atoms with Gasteiger partial charge in [0.2, 0.25) is 5.78 Å².